The Morgan fingerprint density at radius 3 is 2.67 bits per heavy atom. The monoisotopic (exact) mass is 338 g/mol. The zero-order chi connectivity index (χ0) is 17.9. The number of hydrogen-bond acceptors (Lipinski definition) is 4. The molecular weight excluding hydrogens is 322 g/mol. The summed E-state index contributed by atoms with van der Waals surface area (Å²) in [6.45, 7) is -0.507. The second kappa shape index (κ2) is 7.07. The highest BCUT2D eigenvalue weighted by atomic mass is 19.1. The van der Waals surface area contributed by atoms with Crippen molar-refractivity contribution in [1.29, 1.82) is 0 Å². The normalized spacial score (nSPS) is 10.4. The first-order chi connectivity index (χ1) is 11.3. The molecule has 24 heavy (non-hydrogen) atoms. The molecule has 0 unspecified atom stereocenters. The zero-order valence-corrected chi connectivity index (χ0v) is 13.3. The van der Waals surface area contributed by atoms with Gasteiger partial charge >= 0.3 is 0 Å². The molecule has 0 bridgehead atoms. The van der Waals surface area contributed by atoms with E-state index in [1.807, 2.05) is 0 Å². The number of nitrogens with one attached hydrogen (secondary N) is 1. The summed E-state index contributed by atoms with van der Waals surface area (Å²) in [5, 5.41) is 6.47. The topological polar surface area (TPSA) is 76.5 Å². The Morgan fingerprint density at radius 2 is 2.04 bits per heavy atom. The van der Waals surface area contributed by atoms with Gasteiger partial charge in [-0.1, -0.05) is 0 Å². The summed E-state index contributed by atoms with van der Waals surface area (Å²) in [4.78, 5) is 25.2. The van der Waals surface area contributed by atoms with Crippen LogP contribution in [0.2, 0.25) is 0 Å². The second-order valence-corrected chi connectivity index (χ2v) is 5.18. The van der Waals surface area contributed by atoms with Gasteiger partial charge in [-0.3, -0.25) is 14.3 Å². The summed E-state index contributed by atoms with van der Waals surface area (Å²) in [7, 11) is 4.72. The highest BCUT2D eigenvalue weighted by Crippen LogP contribution is 2.18. The van der Waals surface area contributed by atoms with Crippen LogP contribution in [0.1, 0.15) is 10.5 Å². The van der Waals surface area contributed by atoms with Crippen molar-refractivity contribution in [2.75, 3.05) is 26.0 Å². The predicted octanol–water partition coefficient (Wildman–Crippen LogP) is 1.42. The molecular formula is C15H16F2N4O3. The fraction of sp³-hybridized carbons (Fsp3) is 0.267. The first-order valence-corrected chi connectivity index (χ1v) is 6.91. The first kappa shape index (κ1) is 17.4. The Labute approximate surface area is 136 Å². The zero-order valence-electron chi connectivity index (χ0n) is 13.3. The van der Waals surface area contributed by atoms with Crippen LogP contribution < -0.4 is 10.1 Å². The van der Waals surface area contributed by atoms with Crippen LogP contribution in [0.4, 0.5) is 14.5 Å². The lowest BCUT2D eigenvalue weighted by molar-refractivity contribution is -0.118. The maximum absolute atomic E-state index is 13.4. The molecule has 7 nitrogen and oxygen atoms in total. The van der Waals surface area contributed by atoms with E-state index in [1.165, 1.54) is 15.8 Å². The highest BCUT2D eigenvalue weighted by molar-refractivity contribution is 6.02. The van der Waals surface area contributed by atoms with Gasteiger partial charge in [-0.05, 0) is 12.1 Å². The van der Waals surface area contributed by atoms with E-state index >= 15 is 0 Å². The number of nitrogens with zero attached hydrogens (tertiary/aromatic N) is 3. The van der Waals surface area contributed by atoms with Gasteiger partial charge in [0.1, 0.15) is 5.82 Å². The third kappa shape index (κ3) is 4.06. The molecule has 0 aliphatic heterocycles. The van der Waals surface area contributed by atoms with Crippen LogP contribution in [0.3, 0.4) is 0 Å². The summed E-state index contributed by atoms with van der Waals surface area (Å²) >= 11 is 0. The largest absolute Gasteiger partial charge is 0.481 e. The lowest BCUT2D eigenvalue weighted by Crippen LogP contribution is -2.25. The number of amides is 2. The molecule has 0 spiro atoms. The van der Waals surface area contributed by atoms with Crippen LogP contribution in [0.5, 0.6) is 5.75 Å². The number of halogens is 2. The molecule has 1 aromatic heterocycles. The van der Waals surface area contributed by atoms with E-state index in [0.29, 0.717) is 6.07 Å². The number of hydrogen-bond donors (Lipinski definition) is 1. The smallest absolute Gasteiger partial charge is 0.276 e. The standard InChI is InChI=1S/C15H16F2N4O3/c1-20(2)15(23)14-11(7-21(3)19-14)18-13(22)8-24-12-5-4-9(16)6-10(12)17/h4-7H,8H2,1-3H3,(H,18,22). The van der Waals surface area contributed by atoms with Gasteiger partial charge in [0.05, 0.1) is 5.69 Å². The molecule has 0 radical (unpaired) electrons. The fourth-order valence-corrected chi connectivity index (χ4v) is 1.87. The second-order valence-electron chi connectivity index (χ2n) is 5.18. The van der Waals surface area contributed by atoms with Crippen molar-refractivity contribution < 1.29 is 23.1 Å². The van der Waals surface area contributed by atoms with Crippen molar-refractivity contribution in [3.8, 4) is 5.75 Å². The van der Waals surface area contributed by atoms with Crippen molar-refractivity contribution in [1.82, 2.24) is 14.7 Å². The Hall–Kier alpha value is -2.97. The van der Waals surface area contributed by atoms with E-state index in [0.717, 1.165) is 12.1 Å². The first-order valence-electron chi connectivity index (χ1n) is 6.91. The molecule has 128 valence electrons. The third-order valence-electron chi connectivity index (χ3n) is 2.96. The summed E-state index contributed by atoms with van der Waals surface area (Å²) in [6.07, 6.45) is 1.47. The number of carbonyl (C=O) groups excluding carboxylic acids is 2. The lowest BCUT2D eigenvalue weighted by Gasteiger charge is -2.10. The van der Waals surface area contributed by atoms with E-state index < -0.39 is 24.1 Å². The van der Waals surface area contributed by atoms with Crippen LogP contribution in [-0.2, 0) is 11.8 Å². The van der Waals surface area contributed by atoms with Gasteiger partial charge in [-0.15, -0.1) is 0 Å². The van der Waals surface area contributed by atoms with E-state index in [9.17, 15) is 18.4 Å². The number of benzene rings is 1. The van der Waals surface area contributed by atoms with Crippen LogP contribution in [-0.4, -0.2) is 47.2 Å². The van der Waals surface area contributed by atoms with Crippen molar-refractivity contribution >= 4 is 17.5 Å². The molecule has 1 aromatic carbocycles. The molecule has 0 aliphatic carbocycles. The summed E-state index contributed by atoms with van der Waals surface area (Å²) in [5.41, 5.74) is 0.285. The Bertz CT molecular complexity index is 774. The number of ether oxygens (including phenoxy) is 1. The van der Waals surface area contributed by atoms with Gasteiger partial charge in [-0.2, -0.15) is 5.10 Å². The molecule has 9 heteroatoms. The number of anilines is 1. The minimum atomic E-state index is -0.910. The summed E-state index contributed by atoms with van der Waals surface area (Å²) in [5.74, 6) is -2.89. The van der Waals surface area contributed by atoms with Crippen LogP contribution in [0, 0.1) is 11.6 Å². The van der Waals surface area contributed by atoms with Crippen LogP contribution >= 0.6 is 0 Å². The van der Waals surface area contributed by atoms with Gasteiger partial charge < -0.3 is 15.0 Å². The summed E-state index contributed by atoms with van der Waals surface area (Å²) < 4.78 is 32.6. The van der Waals surface area contributed by atoms with Gasteiger partial charge in [0.15, 0.2) is 23.9 Å². The van der Waals surface area contributed by atoms with Gasteiger partial charge in [0.25, 0.3) is 11.8 Å². The number of carbonyl (C=O) groups is 2. The molecule has 0 saturated heterocycles. The van der Waals surface area contributed by atoms with Crippen molar-refractivity contribution in [2.45, 2.75) is 0 Å². The molecule has 2 aromatic rings. The quantitative estimate of drug-likeness (QED) is 0.894. The molecule has 2 rings (SSSR count). The minimum Gasteiger partial charge on any atom is -0.481 e. The van der Waals surface area contributed by atoms with Crippen LogP contribution in [0.15, 0.2) is 24.4 Å². The van der Waals surface area contributed by atoms with E-state index in [4.69, 9.17) is 4.74 Å². The van der Waals surface area contributed by atoms with Crippen molar-refractivity contribution in [2.24, 2.45) is 7.05 Å². The van der Waals surface area contributed by atoms with Gasteiger partial charge in [-0.25, -0.2) is 8.78 Å². The molecule has 1 N–H and O–H groups in total. The third-order valence-corrected chi connectivity index (χ3v) is 2.96. The van der Waals surface area contributed by atoms with E-state index in [2.05, 4.69) is 10.4 Å². The molecule has 0 fully saturated rings. The predicted molar refractivity (Wildman–Crippen MR) is 81.7 cm³/mol. The molecule has 0 saturated carbocycles. The molecule has 1 heterocycles. The van der Waals surface area contributed by atoms with Gasteiger partial charge in [0.2, 0.25) is 0 Å². The fourth-order valence-electron chi connectivity index (χ4n) is 1.87. The van der Waals surface area contributed by atoms with Gasteiger partial charge in [0, 0.05) is 33.4 Å². The number of aryl methyl sites for hydroxylation is 1. The SMILES string of the molecule is CN(C)C(=O)c1nn(C)cc1NC(=O)COc1ccc(F)cc1F. The Morgan fingerprint density at radius 1 is 1.33 bits per heavy atom. The van der Waals surface area contributed by atoms with Crippen molar-refractivity contribution in [3.63, 3.8) is 0 Å². The number of aromatic nitrogens is 2. The maximum Gasteiger partial charge on any atom is 0.276 e. The Kier molecular flexibility index (Phi) is 5.12. The van der Waals surface area contributed by atoms with E-state index in [1.54, 1.807) is 21.1 Å². The highest BCUT2D eigenvalue weighted by Gasteiger charge is 2.19. The summed E-state index contributed by atoms with van der Waals surface area (Å²) in [6, 6.07) is 2.76. The average molecular weight is 338 g/mol. The molecule has 0 aliphatic rings. The Balaban J connectivity index is 2.04. The number of rotatable bonds is 5. The average Bonchev–Trinajstić information content (AvgIpc) is 2.85. The molecule has 0 atom stereocenters. The maximum atomic E-state index is 13.4. The minimum absolute atomic E-state index is 0.0730. The van der Waals surface area contributed by atoms with Crippen molar-refractivity contribution in [3.05, 3.63) is 41.7 Å². The van der Waals surface area contributed by atoms with Crippen LogP contribution in [0.25, 0.3) is 0 Å². The molecule has 2 amide bonds. The van der Waals surface area contributed by atoms with E-state index in [-0.39, 0.29) is 23.0 Å². The lowest BCUT2D eigenvalue weighted by atomic mass is 10.3.